The molecule has 4 unspecified atom stereocenters. The Morgan fingerprint density at radius 3 is 2.71 bits per heavy atom. The highest BCUT2D eigenvalue weighted by atomic mass is 16.6. The molecule has 4 atom stereocenters. The van der Waals surface area contributed by atoms with E-state index in [0.717, 1.165) is 6.20 Å². The first-order chi connectivity index (χ1) is 8.04. The number of aliphatic hydroxyl groups is 3. The lowest BCUT2D eigenvalue weighted by Gasteiger charge is -2.18. The van der Waals surface area contributed by atoms with Crippen LogP contribution in [0.3, 0.4) is 0 Å². The Bertz CT molecular complexity index is 462. The summed E-state index contributed by atoms with van der Waals surface area (Å²) < 4.78 is 6.45. The summed E-state index contributed by atoms with van der Waals surface area (Å²) in [5, 5.41) is 32.0. The molecule has 2 heterocycles. The first-order valence-electron chi connectivity index (χ1n) is 5.09. The number of ether oxygens (including phenoxy) is 1. The molecule has 1 aliphatic rings. The third-order valence-electron chi connectivity index (χ3n) is 2.65. The lowest BCUT2D eigenvalue weighted by Crippen LogP contribution is -2.34. The number of aliphatic hydroxyl groups excluding tert-OH is 3. The molecule has 0 saturated carbocycles. The van der Waals surface area contributed by atoms with Crippen molar-refractivity contribution in [2.45, 2.75) is 31.5 Å². The molecule has 0 aromatic carbocycles. The van der Waals surface area contributed by atoms with Gasteiger partial charge in [0, 0.05) is 0 Å². The fourth-order valence-corrected chi connectivity index (χ4v) is 1.77. The molecule has 1 aliphatic heterocycles. The summed E-state index contributed by atoms with van der Waals surface area (Å²) in [6.45, 7) is 1.12. The van der Waals surface area contributed by atoms with Crippen LogP contribution in [0.2, 0.25) is 0 Å². The number of aryl methyl sites for hydroxylation is 1. The minimum absolute atomic E-state index is 0.257. The van der Waals surface area contributed by atoms with Crippen LogP contribution in [-0.4, -0.2) is 55.0 Å². The molecule has 0 radical (unpaired) electrons. The van der Waals surface area contributed by atoms with Crippen molar-refractivity contribution >= 4 is 0 Å². The van der Waals surface area contributed by atoms with Gasteiger partial charge in [0.25, 0.3) is 5.56 Å². The molecule has 17 heavy (non-hydrogen) atoms. The lowest BCUT2D eigenvalue weighted by atomic mass is 10.1. The zero-order valence-corrected chi connectivity index (χ0v) is 9.09. The molecule has 0 amide bonds. The first-order valence-corrected chi connectivity index (χ1v) is 5.09. The zero-order valence-electron chi connectivity index (χ0n) is 9.09. The number of hydrogen-bond donors (Lipinski definition) is 3. The number of rotatable bonds is 2. The van der Waals surface area contributed by atoms with Gasteiger partial charge in [-0.15, -0.1) is 0 Å². The molecule has 0 aliphatic carbocycles. The summed E-state index contributed by atoms with van der Waals surface area (Å²) in [6, 6.07) is 0. The van der Waals surface area contributed by atoms with E-state index >= 15 is 0 Å². The third kappa shape index (κ3) is 2.07. The molecule has 1 saturated heterocycles. The van der Waals surface area contributed by atoms with Crippen molar-refractivity contribution in [3.05, 3.63) is 22.4 Å². The Kier molecular flexibility index (Phi) is 3.20. The number of nitrogens with zero attached hydrogens (tertiary/aromatic N) is 3. The van der Waals surface area contributed by atoms with E-state index in [1.165, 1.54) is 11.6 Å². The van der Waals surface area contributed by atoms with Crippen LogP contribution in [0.5, 0.6) is 0 Å². The monoisotopic (exact) mass is 243 g/mol. The summed E-state index contributed by atoms with van der Waals surface area (Å²) in [6.07, 6.45) is -3.29. The van der Waals surface area contributed by atoms with E-state index in [1.807, 2.05) is 0 Å². The van der Waals surface area contributed by atoms with Gasteiger partial charge in [0.2, 0.25) is 0 Å². The van der Waals surface area contributed by atoms with E-state index in [2.05, 4.69) is 10.1 Å². The Balaban J connectivity index is 2.32. The summed E-state index contributed by atoms with van der Waals surface area (Å²) in [7, 11) is 0. The van der Waals surface area contributed by atoms with Crippen molar-refractivity contribution in [1.82, 2.24) is 14.8 Å². The molecule has 1 aromatic heterocycles. The topological polar surface area (TPSA) is 118 Å². The minimum Gasteiger partial charge on any atom is -0.394 e. The second-order valence-corrected chi connectivity index (χ2v) is 3.82. The standard InChI is InChI=1S/C9H13N3O5/c1-4-11-6(14)2-10-12(4)9-8(16)7(15)5(3-13)17-9/h2,5,7-9,13,15-16H,3H2,1H3. The average molecular weight is 243 g/mol. The third-order valence-corrected chi connectivity index (χ3v) is 2.65. The molecule has 2 rings (SSSR count). The van der Waals surface area contributed by atoms with Gasteiger partial charge in [-0.3, -0.25) is 4.79 Å². The molecule has 1 fully saturated rings. The van der Waals surface area contributed by atoms with Gasteiger partial charge in [-0.25, -0.2) is 4.68 Å². The van der Waals surface area contributed by atoms with Crippen LogP contribution in [0.4, 0.5) is 0 Å². The van der Waals surface area contributed by atoms with Crippen LogP contribution in [0.15, 0.2) is 11.0 Å². The maximum absolute atomic E-state index is 10.9. The molecule has 8 heteroatoms. The summed E-state index contributed by atoms with van der Waals surface area (Å²) >= 11 is 0. The van der Waals surface area contributed by atoms with E-state index in [1.54, 1.807) is 0 Å². The molecule has 0 spiro atoms. The van der Waals surface area contributed by atoms with Crippen LogP contribution < -0.4 is 5.56 Å². The van der Waals surface area contributed by atoms with Crippen LogP contribution in [0.25, 0.3) is 0 Å². The van der Waals surface area contributed by atoms with Gasteiger partial charge in [-0.1, -0.05) is 0 Å². The van der Waals surface area contributed by atoms with Gasteiger partial charge < -0.3 is 20.1 Å². The quantitative estimate of drug-likeness (QED) is 0.528. The maximum atomic E-state index is 10.9. The second-order valence-electron chi connectivity index (χ2n) is 3.82. The number of hydrogen-bond acceptors (Lipinski definition) is 7. The van der Waals surface area contributed by atoms with Gasteiger partial charge in [-0.2, -0.15) is 10.1 Å². The highest BCUT2D eigenvalue weighted by molar-refractivity contribution is 4.92. The minimum atomic E-state index is -1.23. The highest BCUT2D eigenvalue weighted by Gasteiger charge is 2.44. The Morgan fingerprint density at radius 2 is 2.18 bits per heavy atom. The van der Waals surface area contributed by atoms with Crippen LogP contribution >= 0.6 is 0 Å². The van der Waals surface area contributed by atoms with E-state index in [-0.39, 0.29) is 5.82 Å². The molecule has 0 bridgehead atoms. The van der Waals surface area contributed by atoms with Crippen molar-refractivity contribution in [3.8, 4) is 0 Å². The first kappa shape index (κ1) is 12.1. The predicted molar refractivity (Wildman–Crippen MR) is 54.0 cm³/mol. The van der Waals surface area contributed by atoms with Gasteiger partial charge in [0.05, 0.1) is 6.61 Å². The van der Waals surface area contributed by atoms with Gasteiger partial charge in [0.15, 0.2) is 6.23 Å². The highest BCUT2D eigenvalue weighted by Crippen LogP contribution is 2.28. The van der Waals surface area contributed by atoms with Crippen LogP contribution in [0.1, 0.15) is 12.1 Å². The van der Waals surface area contributed by atoms with E-state index < -0.39 is 36.7 Å². The largest absolute Gasteiger partial charge is 0.394 e. The number of aromatic nitrogens is 3. The molecular formula is C9H13N3O5. The Morgan fingerprint density at radius 1 is 1.47 bits per heavy atom. The molecule has 8 nitrogen and oxygen atoms in total. The van der Waals surface area contributed by atoms with Gasteiger partial charge in [-0.05, 0) is 6.92 Å². The summed E-state index contributed by atoms with van der Waals surface area (Å²) in [4.78, 5) is 14.6. The van der Waals surface area contributed by atoms with Gasteiger partial charge >= 0.3 is 0 Å². The normalized spacial score (nSPS) is 32.9. The van der Waals surface area contributed by atoms with E-state index in [0.29, 0.717) is 0 Å². The van der Waals surface area contributed by atoms with Gasteiger partial charge in [0.1, 0.15) is 30.3 Å². The van der Waals surface area contributed by atoms with Crippen LogP contribution in [0, 0.1) is 6.92 Å². The van der Waals surface area contributed by atoms with Crippen LogP contribution in [-0.2, 0) is 4.74 Å². The summed E-state index contributed by atoms with van der Waals surface area (Å²) in [5.41, 5.74) is -0.495. The molecule has 94 valence electrons. The van der Waals surface area contributed by atoms with E-state index in [9.17, 15) is 15.0 Å². The average Bonchev–Trinajstić information content (AvgIpc) is 2.57. The second kappa shape index (κ2) is 4.49. The molecular weight excluding hydrogens is 230 g/mol. The predicted octanol–water partition coefficient (Wildman–Crippen LogP) is -2.44. The van der Waals surface area contributed by atoms with Crippen molar-refractivity contribution in [1.29, 1.82) is 0 Å². The zero-order chi connectivity index (χ0) is 12.6. The van der Waals surface area contributed by atoms with E-state index in [4.69, 9.17) is 9.84 Å². The molecule has 1 aromatic rings. The van der Waals surface area contributed by atoms with Crippen molar-refractivity contribution in [2.75, 3.05) is 6.61 Å². The van der Waals surface area contributed by atoms with Crippen molar-refractivity contribution in [2.24, 2.45) is 0 Å². The smallest absolute Gasteiger partial charge is 0.291 e. The SMILES string of the molecule is Cc1nc(=O)cnn1C1OC(CO)C(O)C1O. The van der Waals surface area contributed by atoms with Crippen molar-refractivity contribution < 1.29 is 20.1 Å². The Hall–Kier alpha value is -1.35. The lowest BCUT2D eigenvalue weighted by molar-refractivity contribution is -0.0610. The molecule has 3 N–H and O–H groups in total. The summed E-state index contributed by atoms with van der Waals surface area (Å²) in [5.74, 6) is 0.257. The fourth-order valence-electron chi connectivity index (χ4n) is 1.77. The fraction of sp³-hybridized carbons (Fsp3) is 0.667. The Labute approximate surface area is 96.1 Å². The maximum Gasteiger partial charge on any atom is 0.291 e. The van der Waals surface area contributed by atoms with Crippen molar-refractivity contribution in [3.63, 3.8) is 0 Å².